The maximum absolute atomic E-state index is 13.4. The van der Waals surface area contributed by atoms with Crippen molar-refractivity contribution in [2.45, 2.75) is 39.2 Å². The van der Waals surface area contributed by atoms with Crippen LogP contribution in [0.4, 0.5) is 11.4 Å². The molecular weight excluding hydrogens is 440 g/mol. The molecule has 0 fully saturated rings. The van der Waals surface area contributed by atoms with Gasteiger partial charge >= 0.3 is 0 Å². The van der Waals surface area contributed by atoms with Gasteiger partial charge in [-0.15, -0.1) is 0 Å². The molecule has 3 aromatic rings. The van der Waals surface area contributed by atoms with E-state index >= 15 is 0 Å². The summed E-state index contributed by atoms with van der Waals surface area (Å²) in [6.07, 6.45) is 1.53. The average molecular weight is 469 g/mol. The SMILES string of the molecule is CCc1ccc(C2C(C(=O)CCc3ccccc3)=C(O)C(=O)N2c2cccc(NC(C)=O)c2)cc1. The number of hydrogen-bond acceptors (Lipinski definition) is 4. The van der Waals surface area contributed by atoms with Gasteiger partial charge in [0.2, 0.25) is 5.91 Å². The first-order chi connectivity index (χ1) is 16.9. The lowest BCUT2D eigenvalue weighted by Crippen LogP contribution is -2.31. The topological polar surface area (TPSA) is 86.7 Å². The number of aliphatic hydroxyl groups excluding tert-OH is 1. The Hall–Kier alpha value is -4.19. The molecule has 0 saturated carbocycles. The van der Waals surface area contributed by atoms with E-state index in [4.69, 9.17) is 0 Å². The number of aryl methyl sites for hydroxylation is 2. The molecule has 178 valence electrons. The Morgan fingerprint density at radius 2 is 1.66 bits per heavy atom. The molecule has 0 radical (unpaired) electrons. The molecule has 6 heteroatoms. The summed E-state index contributed by atoms with van der Waals surface area (Å²) < 4.78 is 0. The van der Waals surface area contributed by atoms with Crippen molar-refractivity contribution in [3.8, 4) is 0 Å². The second kappa shape index (κ2) is 10.4. The fourth-order valence-corrected chi connectivity index (χ4v) is 4.38. The van der Waals surface area contributed by atoms with Gasteiger partial charge in [0.1, 0.15) is 0 Å². The third-order valence-corrected chi connectivity index (χ3v) is 6.14. The molecule has 2 amide bonds. The number of carbonyl (C=O) groups is 3. The molecule has 3 aromatic carbocycles. The van der Waals surface area contributed by atoms with Crippen LogP contribution in [0.3, 0.4) is 0 Å². The van der Waals surface area contributed by atoms with Crippen LogP contribution in [0.5, 0.6) is 0 Å². The zero-order chi connectivity index (χ0) is 24.9. The van der Waals surface area contributed by atoms with Crippen LogP contribution < -0.4 is 10.2 Å². The van der Waals surface area contributed by atoms with Gasteiger partial charge in [-0.25, -0.2) is 0 Å². The summed E-state index contributed by atoms with van der Waals surface area (Å²) in [5, 5.41) is 13.6. The molecule has 35 heavy (non-hydrogen) atoms. The monoisotopic (exact) mass is 468 g/mol. The Morgan fingerprint density at radius 1 is 0.943 bits per heavy atom. The van der Waals surface area contributed by atoms with E-state index in [9.17, 15) is 19.5 Å². The number of aliphatic hydroxyl groups is 1. The van der Waals surface area contributed by atoms with Gasteiger partial charge < -0.3 is 10.4 Å². The minimum absolute atomic E-state index is 0.0973. The number of ketones is 1. The van der Waals surface area contributed by atoms with Gasteiger partial charge in [-0.05, 0) is 47.7 Å². The first-order valence-electron chi connectivity index (χ1n) is 11.7. The number of amides is 2. The molecule has 1 aliphatic rings. The van der Waals surface area contributed by atoms with Gasteiger partial charge in [-0.2, -0.15) is 0 Å². The van der Waals surface area contributed by atoms with Crippen molar-refractivity contribution < 1.29 is 19.5 Å². The van der Waals surface area contributed by atoms with E-state index in [0.29, 0.717) is 17.8 Å². The highest BCUT2D eigenvalue weighted by Crippen LogP contribution is 2.42. The number of Topliss-reactive ketones (excluding diaryl/α,β-unsaturated/α-hetero) is 1. The number of hydrogen-bond donors (Lipinski definition) is 2. The van der Waals surface area contributed by atoms with Crippen molar-refractivity contribution in [2.24, 2.45) is 0 Å². The fraction of sp³-hybridized carbons (Fsp3) is 0.207. The molecule has 0 saturated heterocycles. The normalized spacial score (nSPS) is 15.4. The summed E-state index contributed by atoms with van der Waals surface area (Å²) in [7, 11) is 0. The maximum Gasteiger partial charge on any atom is 0.294 e. The van der Waals surface area contributed by atoms with Gasteiger partial charge in [-0.1, -0.05) is 67.6 Å². The van der Waals surface area contributed by atoms with E-state index in [1.165, 1.54) is 11.8 Å². The molecule has 4 rings (SSSR count). The highest BCUT2D eigenvalue weighted by atomic mass is 16.3. The van der Waals surface area contributed by atoms with E-state index in [0.717, 1.165) is 23.1 Å². The van der Waals surface area contributed by atoms with Crippen LogP contribution in [-0.4, -0.2) is 22.7 Å². The summed E-state index contributed by atoms with van der Waals surface area (Å²) in [4.78, 5) is 39.7. The summed E-state index contributed by atoms with van der Waals surface area (Å²) in [5.74, 6) is -1.68. The highest BCUT2D eigenvalue weighted by Gasteiger charge is 2.44. The van der Waals surface area contributed by atoms with Crippen LogP contribution in [-0.2, 0) is 27.2 Å². The summed E-state index contributed by atoms with van der Waals surface area (Å²) in [6.45, 7) is 3.46. The number of anilines is 2. The second-order valence-corrected chi connectivity index (χ2v) is 8.58. The van der Waals surface area contributed by atoms with E-state index in [-0.39, 0.29) is 23.7 Å². The lowest BCUT2D eigenvalue weighted by Gasteiger charge is -2.27. The average Bonchev–Trinajstić information content (AvgIpc) is 3.13. The van der Waals surface area contributed by atoms with E-state index in [1.807, 2.05) is 54.6 Å². The van der Waals surface area contributed by atoms with Crippen LogP contribution in [0.1, 0.15) is 43.0 Å². The molecule has 6 nitrogen and oxygen atoms in total. The highest BCUT2D eigenvalue weighted by molar-refractivity contribution is 6.16. The molecule has 2 N–H and O–H groups in total. The summed E-state index contributed by atoms with van der Waals surface area (Å²) >= 11 is 0. The molecular formula is C29H28N2O4. The van der Waals surface area contributed by atoms with E-state index in [1.54, 1.807) is 24.3 Å². The van der Waals surface area contributed by atoms with Gasteiger partial charge in [0, 0.05) is 24.7 Å². The van der Waals surface area contributed by atoms with Crippen molar-refractivity contribution in [3.63, 3.8) is 0 Å². The zero-order valence-electron chi connectivity index (χ0n) is 19.8. The van der Waals surface area contributed by atoms with Crippen LogP contribution in [0.15, 0.2) is 90.2 Å². The van der Waals surface area contributed by atoms with Crippen molar-refractivity contribution in [2.75, 3.05) is 10.2 Å². The molecule has 1 aliphatic heterocycles. The molecule has 0 aromatic heterocycles. The lowest BCUT2D eigenvalue weighted by molar-refractivity contribution is -0.118. The Labute approximate surface area is 204 Å². The van der Waals surface area contributed by atoms with Crippen LogP contribution in [0.25, 0.3) is 0 Å². The third kappa shape index (κ3) is 5.17. The lowest BCUT2D eigenvalue weighted by atomic mass is 9.92. The Morgan fingerprint density at radius 3 is 2.31 bits per heavy atom. The largest absolute Gasteiger partial charge is 0.503 e. The number of benzene rings is 3. The number of nitrogens with one attached hydrogen (secondary N) is 1. The molecule has 1 heterocycles. The second-order valence-electron chi connectivity index (χ2n) is 8.58. The predicted octanol–water partition coefficient (Wildman–Crippen LogP) is 5.31. The van der Waals surface area contributed by atoms with Gasteiger partial charge in [0.15, 0.2) is 11.5 Å². The minimum atomic E-state index is -0.774. The van der Waals surface area contributed by atoms with Crippen molar-refractivity contribution in [3.05, 3.63) is 107 Å². The van der Waals surface area contributed by atoms with Crippen molar-refractivity contribution in [1.82, 2.24) is 0 Å². The first-order valence-corrected chi connectivity index (χ1v) is 11.7. The van der Waals surface area contributed by atoms with Crippen molar-refractivity contribution in [1.29, 1.82) is 0 Å². The Balaban J connectivity index is 1.73. The number of nitrogens with zero attached hydrogens (tertiary/aromatic N) is 1. The van der Waals surface area contributed by atoms with Crippen LogP contribution >= 0.6 is 0 Å². The standard InChI is InChI=1S/C29H28N2O4/c1-3-20-12-15-22(16-13-20)27-26(25(33)17-14-21-8-5-4-6-9-21)28(34)29(35)31(27)24-11-7-10-23(18-24)30-19(2)32/h4-13,15-16,18,27,34H,3,14,17H2,1-2H3,(H,30,32). The fourth-order valence-electron chi connectivity index (χ4n) is 4.38. The Bertz CT molecular complexity index is 1280. The quantitative estimate of drug-likeness (QED) is 0.469. The maximum atomic E-state index is 13.4. The zero-order valence-corrected chi connectivity index (χ0v) is 19.8. The van der Waals surface area contributed by atoms with E-state index < -0.39 is 17.7 Å². The molecule has 1 unspecified atom stereocenters. The Kier molecular flexibility index (Phi) is 7.11. The molecule has 0 bridgehead atoms. The minimum Gasteiger partial charge on any atom is -0.503 e. The summed E-state index contributed by atoms with van der Waals surface area (Å²) in [5.41, 5.74) is 3.96. The first kappa shape index (κ1) is 24.0. The van der Waals surface area contributed by atoms with E-state index in [2.05, 4.69) is 12.2 Å². The predicted molar refractivity (Wildman–Crippen MR) is 136 cm³/mol. The van der Waals surface area contributed by atoms with Gasteiger partial charge in [0.05, 0.1) is 11.6 Å². The number of carbonyl (C=O) groups excluding carboxylic acids is 3. The smallest absolute Gasteiger partial charge is 0.294 e. The molecule has 1 atom stereocenters. The van der Waals surface area contributed by atoms with Crippen LogP contribution in [0.2, 0.25) is 0 Å². The summed E-state index contributed by atoms with van der Waals surface area (Å²) in [6, 6.07) is 23.4. The number of rotatable bonds is 8. The van der Waals surface area contributed by atoms with Crippen molar-refractivity contribution >= 4 is 29.0 Å². The van der Waals surface area contributed by atoms with Gasteiger partial charge in [0.25, 0.3) is 5.91 Å². The molecule has 0 aliphatic carbocycles. The van der Waals surface area contributed by atoms with Crippen LogP contribution in [0, 0.1) is 0 Å². The third-order valence-electron chi connectivity index (χ3n) is 6.14. The van der Waals surface area contributed by atoms with Gasteiger partial charge in [-0.3, -0.25) is 19.3 Å². The molecule has 0 spiro atoms.